The number of carbonyl (C=O) groups excluding carboxylic acids is 2. The average Bonchev–Trinajstić information content (AvgIpc) is 3.17. The highest BCUT2D eigenvalue weighted by Gasteiger charge is 2.13. The maximum atomic E-state index is 12.0. The normalized spacial score (nSPS) is 10.5. The maximum Gasteiger partial charge on any atom is 0.305 e. The second-order valence-corrected chi connectivity index (χ2v) is 5.69. The Labute approximate surface area is 158 Å². The van der Waals surface area contributed by atoms with Gasteiger partial charge in [-0.3, -0.25) is 25.3 Å². The highest BCUT2D eigenvalue weighted by atomic mass is 16.5. The molecule has 0 saturated heterocycles. The molecule has 1 aromatic carbocycles. The van der Waals surface area contributed by atoms with Crippen LogP contribution >= 0.6 is 0 Å². The molecule has 2 N–H and O–H groups in total. The predicted octanol–water partition coefficient (Wildman–Crippen LogP) is 1.97. The summed E-state index contributed by atoms with van der Waals surface area (Å²) in [5, 5.41) is 0. The van der Waals surface area contributed by atoms with Crippen LogP contribution in [0.3, 0.4) is 0 Å². The molecule has 0 fully saturated rings. The van der Waals surface area contributed by atoms with Gasteiger partial charge in [-0.2, -0.15) is 0 Å². The zero-order valence-corrected chi connectivity index (χ0v) is 15.8. The maximum absolute atomic E-state index is 12.0. The van der Waals surface area contributed by atoms with Crippen LogP contribution in [-0.2, 0) is 11.3 Å². The number of hydrogen-bond acceptors (Lipinski definition) is 6. The first-order valence-corrected chi connectivity index (χ1v) is 8.72. The number of amides is 2. The molecule has 1 aromatic heterocycles. The van der Waals surface area contributed by atoms with E-state index in [0.717, 1.165) is 13.1 Å². The van der Waals surface area contributed by atoms with Gasteiger partial charge in [-0.25, -0.2) is 0 Å². The van der Waals surface area contributed by atoms with Crippen molar-refractivity contribution in [3.8, 4) is 11.5 Å². The first kappa shape index (κ1) is 20.3. The minimum atomic E-state index is -0.529. The van der Waals surface area contributed by atoms with E-state index >= 15 is 0 Å². The van der Waals surface area contributed by atoms with Gasteiger partial charge in [-0.15, -0.1) is 0 Å². The molecular weight excluding hydrogens is 350 g/mol. The fraction of sp³-hybridized carbons (Fsp3) is 0.368. The number of methoxy groups -OCH3 is 1. The molecule has 8 heteroatoms. The van der Waals surface area contributed by atoms with Gasteiger partial charge in [0.1, 0.15) is 17.3 Å². The summed E-state index contributed by atoms with van der Waals surface area (Å²) in [6.45, 7) is 6.29. The molecule has 0 unspecified atom stereocenters. The summed E-state index contributed by atoms with van der Waals surface area (Å²) in [7, 11) is 1.57. The summed E-state index contributed by atoms with van der Waals surface area (Å²) in [4.78, 5) is 26.0. The summed E-state index contributed by atoms with van der Waals surface area (Å²) < 4.78 is 15.9. The lowest BCUT2D eigenvalue weighted by Crippen LogP contribution is -2.43. The summed E-state index contributed by atoms with van der Waals surface area (Å²) in [5.74, 6) is 1.02. The van der Waals surface area contributed by atoms with E-state index in [1.165, 1.54) is 0 Å². The van der Waals surface area contributed by atoms with E-state index < -0.39 is 11.8 Å². The van der Waals surface area contributed by atoms with Gasteiger partial charge in [0, 0.05) is 0 Å². The largest absolute Gasteiger partial charge is 0.497 e. The molecule has 2 amide bonds. The van der Waals surface area contributed by atoms with Crippen molar-refractivity contribution < 1.29 is 23.5 Å². The fourth-order valence-corrected chi connectivity index (χ4v) is 2.30. The Morgan fingerprint density at radius 3 is 2.30 bits per heavy atom. The van der Waals surface area contributed by atoms with Gasteiger partial charge in [0.2, 0.25) is 0 Å². The molecule has 0 aliphatic carbocycles. The lowest BCUT2D eigenvalue weighted by Gasteiger charge is -2.15. The van der Waals surface area contributed by atoms with Crippen molar-refractivity contribution in [3.63, 3.8) is 0 Å². The third kappa shape index (κ3) is 6.34. The molecule has 0 spiro atoms. The standard InChI is InChI=1S/C19H25N3O5/c1-4-22(5-2)12-16-10-11-17(27-16)19(24)21-20-18(23)13-26-15-8-6-14(25-3)7-9-15/h6-11H,4-5,12-13H2,1-3H3,(H,20,23)(H,21,24). The number of hydrogen-bond donors (Lipinski definition) is 2. The van der Waals surface area contributed by atoms with Crippen LogP contribution in [0, 0.1) is 0 Å². The second-order valence-electron chi connectivity index (χ2n) is 5.69. The van der Waals surface area contributed by atoms with Crippen molar-refractivity contribution in [2.45, 2.75) is 20.4 Å². The minimum Gasteiger partial charge on any atom is -0.497 e. The van der Waals surface area contributed by atoms with Crippen LogP contribution in [0.4, 0.5) is 0 Å². The number of ether oxygens (including phenoxy) is 2. The van der Waals surface area contributed by atoms with E-state index in [-0.39, 0.29) is 12.4 Å². The molecule has 2 rings (SSSR count). The predicted molar refractivity (Wildman–Crippen MR) is 99.4 cm³/mol. The zero-order chi connectivity index (χ0) is 19.6. The molecule has 0 radical (unpaired) electrons. The van der Waals surface area contributed by atoms with Crippen LogP contribution in [0.2, 0.25) is 0 Å². The Kier molecular flexibility index (Phi) is 7.69. The van der Waals surface area contributed by atoms with E-state index in [2.05, 4.69) is 29.6 Å². The number of nitrogens with zero attached hydrogens (tertiary/aromatic N) is 1. The summed E-state index contributed by atoms with van der Waals surface area (Å²) in [6, 6.07) is 10.1. The summed E-state index contributed by atoms with van der Waals surface area (Å²) in [6.07, 6.45) is 0. The van der Waals surface area contributed by atoms with Gasteiger partial charge >= 0.3 is 5.91 Å². The quantitative estimate of drug-likeness (QED) is 0.651. The molecule has 0 aliphatic heterocycles. The van der Waals surface area contributed by atoms with Gasteiger partial charge < -0.3 is 13.9 Å². The van der Waals surface area contributed by atoms with Gasteiger partial charge in [-0.05, 0) is 49.5 Å². The molecule has 0 atom stereocenters. The van der Waals surface area contributed by atoms with Crippen molar-refractivity contribution in [2.24, 2.45) is 0 Å². The number of benzene rings is 1. The Morgan fingerprint density at radius 2 is 1.67 bits per heavy atom. The van der Waals surface area contributed by atoms with Crippen LogP contribution in [0.5, 0.6) is 11.5 Å². The summed E-state index contributed by atoms with van der Waals surface area (Å²) >= 11 is 0. The van der Waals surface area contributed by atoms with Crippen LogP contribution in [0.25, 0.3) is 0 Å². The SMILES string of the molecule is CCN(CC)Cc1ccc(C(=O)NNC(=O)COc2ccc(OC)cc2)o1. The Balaban J connectivity index is 1.75. The van der Waals surface area contributed by atoms with Crippen molar-refractivity contribution in [3.05, 3.63) is 47.9 Å². The summed E-state index contributed by atoms with van der Waals surface area (Å²) in [5.41, 5.74) is 4.59. The van der Waals surface area contributed by atoms with E-state index in [1.54, 1.807) is 43.5 Å². The highest BCUT2D eigenvalue weighted by molar-refractivity contribution is 5.93. The van der Waals surface area contributed by atoms with Crippen molar-refractivity contribution in [1.29, 1.82) is 0 Å². The third-order valence-electron chi connectivity index (χ3n) is 3.90. The van der Waals surface area contributed by atoms with Crippen LogP contribution in [-0.4, -0.2) is 43.5 Å². The first-order valence-electron chi connectivity index (χ1n) is 8.72. The molecule has 146 valence electrons. The molecule has 8 nitrogen and oxygen atoms in total. The van der Waals surface area contributed by atoms with Gasteiger partial charge in [0.05, 0.1) is 13.7 Å². The number of furan rings is 1. The lowest BCUT2D eigenvalue weighted by molar-refractivity contribution is -0.123. The Morgan fingerprint density at radius 1 is 1.00 bits per heavy atom. The number of hydrazine groups is 1. The van der Waals surface area contributed by atoms with E-state index in [1.807, 2.05) is 0 Å². The average molecular weight is 375 g/mol. The first-order chi connectivity index (χ1) is 13.0. The topological polar surface area (TPSA) is 93.0 Å². The number of nitrogens with one attached hydrogen (secondary N) is 2. The Bertz CT molecular complexity index is 738. The van der Waals surface area contributed by atoms with E-state index in [9.17, 15) is 9.59 Å². The van der Waals surface area contributed by atoms with Crippen molar-refractivity contribution in [2.75, 3.05) is 26.8 Å². The van der Waals surface area contributed by atoms with Gasteiger partial charge in [-0.1, -0.05) is 13.8 Å². The molecule has 0 bridgehead atoms. The fourth-order valence-electron chi connectivity index (χ4n) is 2.30. The highest BCUT2D eigenvalue weighted by Crippen LogP contribution is 2.16. The molecule has 27 heavy (non-hydrogen) atoms. The minimum absolute atomic E-state index is 0.133. The van der Waals surface area contributed by atoms with Crippen molar-refractivity contribution in [1.82, 2.24) is 15.8 Å². The molecule has 0 aliphatic rings. The molecule has 2 aromatic rings. The molecule has 1 heterocycles. The van der Waals surface area contributed by atoms with Crippen LogP contribution in [0.15, 0.2) is 40.8 Å². The monoisotopic (exact) mass is 375 g/mol. The molecular formula is C19H25N3O5. The van der Waals surface area contributed by atoms with Gasteiger partial charge in [0.25, 0.3) is 5.91 Å². The smallest absolute Gasteiger partial charge is 0.305 e. The molecule has 0 saturated carbocycles. The second kappa shape index (κ2) is 10.2. The van der Waals surface area contributed by atoms with Gasteiger partial charge in [0.15, 0.2) is 12.4 Å². The number of carbonyl (C=O) groups is 2. The van der Waals surface area contributed by atoms with Crippen LogP contribution in [0.1, 0.15) is 30.2 Å². The van der Waals surface area contributed by atoms with Crippen LogP contribution < -0.4 is 20.3 Å². The number of rotatable bonds is 9. The van der Waals surface area contributed by atoms with E-state index in [0.29, 0.717) is 23.8 Å². The lowest BCUT2D eigenvalue weighted by atomic mass is 10.3. The Hall–Kier alpha value is -3.00. The van der Waals surface area contributed by atoms with Crippen molar-refractivity contribution >= 4 is 11.8 Å². The van der Waals surface area contributed by atoms with E-state index in [4.69, 9.17) is 13.9 Å². The zero-order valence-electron chi connectivity index (χ0n) is 15.8. The third-order valence-corrected chi connectivity index (χ3v) is 3.90.